The Morgan fingerprint density at radius 1 is 1.04 bits per heavy atom. The Kier molecular flexibility index (Phi) is 5.81. The first-order valence-electron chi connectivity index (χ1n) is 8.35. The van der Waals surface area contributed by atoms with Gasteiger partial charge in [0.2, 0.25) is 5.95 Å². The Hall–Kier alpha value is -2.92. The lowest BCUT2D eigenvalue weighted by Crippen LogP contribution is -2.23. The second-order valence-electron chi connectivity index (χ2n) is 5.74. The largest absolute Gasteiger partial charge is 0.348 e. The molecule has 132 valence electrons. The Balaban J connectivity index is 1.61. The summed E-state index contributed by atoms with van der Waals surface area (Å²) in [4.78, 5) is 20.7. The predicted octanol–water partition coefficient (Wildman–Crippen LogP) is 4.37. The number of halogens is 1. The Bertz CT molecular complexity index is 879. The van der Waals surface area contributed by atoms with Gasteiger partial charge in [0.25, 0.3) is 5.91 Å². The molecule has 5 nitrogen and oxygen atoms in total. The van der Waals surface area contributed by atoms with Crippen LogP contribution in [0.3, 0.4) is 0 Å². The first-order chi connectivity index (χ1) is 12.7. The number of carbonyl (C=O) groups excluding carboxylic acids is 1. The summed E-state index contributed by atoms with van der Waals surface area (Å²) in [6.07, 6.45) is 3.94. The van der Waals surface area contributed by atoms with Crippen LogP contribution in [0.2, 0.25) is 5.02 Å². The van der Waals surface area contributed by atoms with Gasteiger partial charge in [-0.15, -0.1) is 0 Å². The third kappa shape index (κ3) is 4.58. The van der Waals surface area contributed by atoms with Gasteiger partial charge in [-0.3, -0.25) is 4.79 Å². The van der Waals surface area contributed by atoms with Gasteiger partial charge in [0, 0.05) is 29.6 Å². The highest BCUT2D eigenvalue weighted by Gasteiger charge is 2.08. The molecule has 0 bridgehead atoms. The lowest BCUT2D eigenvalue weighted by Gasteiger charge is -2.10. The van der Waals surface area contributed by atoms with E-state index in [-0.39, 0.29) is 5.91 Å². The smallest absolute Gasteiger partial charge is 0.254 e. The van der Waals surface area contributed by atoms with Gasteiger partial charge in [-0.2, -0.15) is 0 Å². The second kappa shape index (κ2) is 8.45. The number of anilines is 2. The number of nitrogens with zero attached hydrogens (tertiary/aromatic N) is 2. The van der Waals surface area contributed by atoms with E-state index in [2.05, 4.69) is 33.6 Å². The molecule has 0 spiro atoms. The van der Waals surface area contributed by atoms with Crippen LogP contribution in [0.5, 0.6) is 0 Å². The minimum absolute atomic E-state index is 0.222. The zero-order valence-corrected chi connectivity index (χ0v) is 15.1. The summed E-state index contributed by atoms with van der Waals surface area (Å²) in [5.41, 5.74) is 3.53. The fourth-order valence-corrected chi connectivity index (χ4v) is 2.59. The SMILES string of the molecule is CCc1ccccc1Nc1ncc(C(=O)NCc2ccc(Cl)cc2)cn1. The fourth-order valence-electron chi connectivity index (χ4n) is 2.47. The molecule has 0 radical (unpaired) electrons. The molecule has 0 atom stereocenters. The van der Waals surface area contributed by atoms with Gasteiger partial charge < -0.3 is 10.6 Å². The van der Waals surface area contributed by atoms with Crippen LogP contribution in [0.15, 0.2) is 60.9 Å². The average Bonchev–Trinajstić information content (AvgIpc) is 2.68. The number of amides is 1. The lowest BCUT2D eigenvalue weighted by molar-refractivity contribution is 0.0950. The van der Waals surface area contributed by atoms with E-state index >= 15 is 0 Å². The maximum Gasteiger partial charge on any atom is 0.254 e. The van der Waals surface area contributed by atoms with Gasteiger partial charge in [-0.05, 0) is 35.7 Å². The summed E-state index contributed by atoms with van der Waals surface area (Å²) in [7, 11) is 0. The first kappa shape index (κ1) is 17.9. The number of benzene rings is 2. The van der Waals surface area contributed by atoms with Gasteiger partial charge in [0.1, 0.15) is 0 Å². The van der Waals surface area contributed by atoms with Crippen LogP contribution >= 0.6 is 11.6 Å². The van der Waals surface area contributed by atoms with Crippen molar-refractivity contribution in [3.05, 3.63) is 82.6 Å². The van der Waals surface area contributed by atoms with Crippen molar-refractivity contribution in [2.75, 3.05) is 5.32 Å². The van der Waals surface area contributed by atoms with E-state index in [9.17, 15) is 4.79 Å². The summed E-state index contributed by atoms with van der Waals surface area (Å²) in [6, 6.07) is 15.3. The zero-order chi connectivity index (χ0) is 18.4. The van der Waals surface area contributed by atoms with Crippen LogP contribution in [0.1, 0.15) is 28.4 Å². The molecular weight excluding hydrogens is 348 g/mol. The van der Waals surface area contributed by atoms with Crippen LogP contribution < -0.4 is 10.6 Å². The van der Waals surface area contributed by atoms with Crippen molar-refractivity contribution in [1.29, 1.82) is 0 Å². The monoisotopic (exact) mass is 366 g/mol. The molecule has 0 aliphatic carbocycles. The molecular formula is C20H19ClN4O. The van der Waals surface area contributed by atoms with E-state index in [1.807, 2.05) is 30.3 Å². The Morgan fingerprint density at radius 3 is 2.42 bits per heavy atom. The Morgan fingerprint density at radius 2 is 1.73 bits per heavy atom. The summed E-state index contributed by atoms with van der Waals surface area (Å²) in [5.74, 6) is 0.237. The highest BCUT2D eigenvalue weighted by atomic mass is 35.5. The summed E-state index contributed by atoms with van der Waals surface area (Å²) in [6.45, 7) is 2.51. The third-order valence-electron chi connectivity index (χ3n) is 3.93. The van der Waals surface area contributed by atoms with Crippen molar-refractivity contribution in [2.45, 2.75) is 19.9 Å². The van der Waals surface area contributed by atoms with E-state index in [1.54, 1.807) is 12.1 Å². The number of rotatable bonds is 6. The van der Waals surface area contributed by atoms with Crippen LogP contribution in [0.4, 0.5) is 11.6 Å². The number of carbonyl (C=O) groups is 1. The molecule has 6 heteroatoms. The molecule has 0 saturated carbocycles. The average molecular weight is 367 g/mol. The molecule has 0 aliphatic rings. The maximum atomic E-state index is 12.2. The summed E-state index contributed by atoms with van der Waals surface area (Å²) >= 11 is 5.85. The lowest BCUT2D eigenvalue weighted by atomic mass is 10.1. The first-order valence-corrected chi connectivity index (χ1v) is 8.73. The van der Waals surface area contributed by atoms with Crippen LogP contribution in [0.25, 0.3) is 0 Å². The molecule has 1 amide bonds. The van der Waals surface area contributed by atoms with E-state index in [0.717, 1.165) is 17.7 Å². The van der Waals surface area contributed by atoms with Gasteiger partial charge in [-0.25, -0.2) is 9.97 Å². The van der Waals surface area contributed by atoms with Crippen molar-refractivity contribution in [2.24, 2.45) is 0 Å². The highest BCUT2D eigenvalue weighted by molar-refractivity contribution is 6.30. The van der Waals surface area contributed by atoms with E-state index in [0.29, 0.717) is 23.1 Å². The normalized spacial score (nSPS) is 10.4. The standard InChI is InChI=1S/C20H19ClN4O/c1-2-15-5-3-4-6-18(15)25-20-23-12-16(13-24-20)19(26)22-11-14-7-9-17(21)10-8-14/h3-10,12-13H,2,11H2,1H3,(H,22,26)(H,23,24,25). The number of hydrogen-bond acceptors (Lipinski definition) is 4. The van der Waals surface area contributed by atoms with Crippen LogP contribution in [-0.4, -0.2) is 15.9 Å². The zero-order valence-electron chi connectivity index (χ0n) is 14.4. The van der Waals surface area contributed by atoms with Crippen molar-refractivity contribution in [3.8, 4) is 0 Å². The van der Waals surface area contributed by atoms with Crippen molar-refractivity contribution in [3.63, 3.8) is 0 Å². The summed E-state index contributed by atoms with van der Waals surface area (Å²) in [5, 5.41) is 6.69. The molecule has 3 aromatic rings. The van der Waals surface area contributed by atoms with Gasteiger partial charge >= 0.3 is 0 Å². The van der Waals surface area contributed by atoms with Gasteiger partial charge in [0.15, 0.2) is 0 Å². The third-order valence-corrected chi connectivity index (χ3v) is 4.18. The predicted molar refractivity (Wildman–Crippen MR) is 104 cm³/mol. The van der Waals surface area contributed by atoms with Crippen molar-refractivity contribution in [1.82, 2.24) is 15.3 Å². The fraction of sp³-hybridized carbons (Fsp3) is 0.150. The number of nitrogens with one attached hydrogen (secondary N) is 2. The molecule has 2 aromatic carbocycles. The second-order valence-corrected chi connectivity index (χ2v) is 6.18. The molecule has 0 fully saturated rings. The number of aryl methyl sites for hydroxylation is 1. The van der Waals surface area contributed by atoms with E-state index in [1.165, 1.54) is 18.0 Å². The van der Waals surface area contributed by atoms with Crippen molar-refractivity contribution >= 4 is 29.1 Å². The molecule has 1 aromatic heterocycles. The summed E-state index contributed by atoms with van der Waals surface area (Å²) < 4.78 is 0. The minimum atomic E-state index is -0.222. The topological polar surface area (TPSA) is 66.9 Å². The Labute approximate surface area is 157 Å². The quantitative estimate of drug-likeness (QED) is 0.680. The minimum Gasteiger partial charge on any atom is -0.348 e. The molecule has 3 rings (SSSR count). The van der Waals surface area contributed by atoms with E-state index in [4.69, 9.17) is 11.6 Å². The molecule has 0 aliphatic heterocycles. The van der Waals surface area contributed by atoms with E-state index < -0.39 is 0 Å². The molecule has 0 saturated heterocycles. The molecule has 0 unspecified atom stereocenters. The number of para-hydroxylation sites is 1. The molecule has 26 heavy (non-hydrogen) atoms. The van der Waals surface area contributed by atoms with Gasteiger partial charge in [0.05, 0.1) is 5.56 Å². The number of hydrogen-bond donors (Lipinski definition) is 2. The van der Waals surface area contributed by atoms with Crippen LogP contribution in [0, 0.1) is 0 Å². The highest BCUT2D eigenvalue weighted by Crippen LogP contribution is 2.18. The maximum absolute atomic E-state index is 12.2. The number of aromatic nitrogens is 2. The molecule has 2 N–H and O–H groups in total. The van der Waals surface area contributed by atoms with Crippen molar-refractivity contribution < 1.29 is 4.79 Å². The molecule has 1 heterocycles. The van der Waals surface area contributed by atoms with Crippen LogP contribution in [-0.2, 0) is 13.0 Å². The van der Waals surface area contributed by atoms with Gasteiger partial charge in [-0.1, -0.05) is 48.9 Å².